The van der Waals surface area contributed by atoms with Crippen molar-refractivity contribution in [2.45, 2.75) is 33.2 Å². The van der Waals surface area contributed by atoms with E-state index in [0.717, 1.165) is 39.1 Å². The topological polar surface area (TPSA) is 36.4 Å². The number of carbonyl (C=O) groups excluding carboxylic acids is 1. The molecule has 0 saturated carbocycles. The van der Waals surface area contributed by atoms with Crippen LogP contribution in [-0.4, -0.2) is 46.9 Å². The molecule has 0 bridgehead atoms. The number of nitrogens with zero attached hydrogens (tertiary/aromatic N) is 3. The van der Waals surface area contributed by atoms with E-state index in [1.54, 1.807) is 6.20 Å². The Balaban J connectivity index is 1.73. The summed E-state index contributed by atoms with van der Waals surface area (Å²) in [5.41, 5.74) is 1.24. The van der Waals surface area contributed by atoms with Crippen LogP contribution < -0.4 is 0 Å². The number of aromatic nitrogens is 1. The van der Waals surface area contributed by atoms with Crippen LogP contribution in [0, 0.1) is 5.92 Å². The Kier molecular flexibility index (Phi) is 5.53. The van der Waals surface area contributed by atoms with Crippen LogP contribution in [0.5, 0.6) is 0 Å². The number of hydrogen-bond donors (Lipinski definition) is 0. The zero-order valence-corrected chi connectivity index (χ0v) is 12.6. The molecule has 1 aromatic rings. The molecule has 4 nitrogen and oxygen atoms in total. The maximum absolute atomic E-state index is 12.1. The number of carbonyl (C=O) groups is 1. The minimum Gasteiger partial charge on any atom is -0.340 e. The first-order chi connectivity index (χ1) is 9.65. The molecule has 0 atom stereocenters. The van der Waals surface area contributed by atoms with Crippen molar-refractivity contribution in [2.75, 3.05) is 26.2 Å². The molecule has 2 rings (SSSR count). The molecular formula is C16H25N3O. The van der Waals surface area contributed by atoms with Crippen molar-refractivity contribution in [2.24, 2.45) is 5.92 Å². The van der Waals surface area contributed by atoms with E-state index in [2.05, 4.69) is 29.8 Å². The van der Waals surface area contributed by atoms with Crippen LogP contribution in [0.25, 0.3) is 0 Å². The number of rotatable bonds is 5. The van der Waals surface area contributed by atoms with Crippen molar-refractivity contribution < 1.29 is 4.79 Å². The fourth-order valence-corrected chi connectivity index (χ4v) is 2.48. The van der Waals surface area contributed by atoms with Crippen molar-refractivity contribution in [3.8, 4) is 0 Å². The lowest BCUT2D eigenvalue weighted by Crippen LogP contribution is -2.48. The standard InChI is InChI=1S/C16H25N3O/c1-14(2)5-6-16(20)19-10-8-18(9-11-19)13-15-4-3-7-17-12-15/h3-4,7,12,14H,5-6,8-11,13H2,1-2H3. The maximum Gasteiger partial charge on any atom is 0.222 e. The lowest BCUT2D eigenvalue weighted by molar-refractivity contribution is -0.133. The molecule has 4 heteroatoms. The second kappa shape index (κ2) is 7.39. The van der Waals surface area contributed by atoms with Crippen LogP contribution in [0.2, 0.25) is 0 Å². The van der Waals surface area contributed by atoms with Crippen LogP contribution >= 0.6 is 0 Å². The Morgan fingerprint density at radius 2 is 2.05 bits per heavy atom. The van der Waals surface area contributed by atoms with Gasteiger partial charge in [-0.25, -0.2) is 0 Å². The number of pyridine rings is 1. The molecule has 0 spiro atoms. The molecular weight excluding hydrogens is 250 g/mol. The highest BCUT2D eigenvalue weighted by Gasteiger charge is 2.20. The lowest BCUT2D eigenvalue weighted by Gasteiger charge is -2.34. The van der Waals surface area contributed by atoms with Crippen molar-refractivity contribution in [3.63, 3.8) is 0 Å². The molecule has 2 heterocycles. The van der Waals surface area contributed by atoms with E-state index in [9.17, 15) is 4.79 Å². The van der Waals surface area contributed by atoms with Crippen LogP contribution in [0.1, 0.15) is 32.3 Å². The highest BCUT2D eigenvalue weighted by atomic mass is 16.2. The quantitative estimate of drug-likeness (QED) is 0.826. The van der Waals surface area contributed by atoms with E-state index < -0.39 is 0 Å². The monoisotopic (exact) mass is 275 g/mol. The third kappa shape index (κ3) is 4.60. The van der Waals surface area contributed by atoms with Gasteiger partial charge in [-0.05, 0) is 24.0 Å². The Morgan fingerprint density at radius 3 is 2.65 bits per heavy atom. The lowest BCUT2D eigenvalue weighted by atomic mass is 10.1. The largest absolute Gasteiger partial charge is 0.340 e. The third-order valence-electron chi connectivity index (χ3n) is 3.79. The summed E-state index contributed by atoms with van der Waals surface area (Å²) in [5.74, 6) is 0.922. The molecule has 1 aliphatic heterocycles. The third-order valence-corrected chi connectivity index (χ3v) is 3.79. The van der Waals surface area contributed by atoms with Gasteiger partial charge in [-0.1, -0.05) is 19.9 Å². The molecule has 0 N–H and O–H groups in total. The number of amides is 1. The minimum absolute atomic E-state index is 0.319. The summed E-state index contributed by atoms with van der Waals surface area (Å²) in [6, 6.07) is 4.08. The van der Waals surface area contributed by atoms with Crippen LogP contribution in [-0.2, 0) is 11.3 Å². The second-order valence-corrected chi connectivity index (χ2v) is 5.95. The zero-order valence-electron chi connectivity index (χ0n) is 12.6. The Bertz CT molecular complexity index is 411. The van der Waals surface area contributed by atoms with Gasteiger partial charge in [0.05, 0.1) is 0 Å². The first-order valence-electron chi connectivity index (χ1n) is 7.54. The second-order valence-electron chi connectivity index (χ2n) is 5.95. The number of piperazine rings is 1. The van der Waals surface area contributed by atoms with Gasteiger partial charge in [0.25, 0.3) is 0 Å². The number of hydrogen-bond acceptors (Lipinski definition) is 3. The summed E-state index contributed by atoms with van der Waals surface area (Å²) in [6.07, 6.45) is 5.41. The molecule has 0 aromatic carbocycles. The van der Waals surface area contributed by atoms with Gasteiger partial charge in [-0.3, -0.25) is 14.7 Å². The average molecular weight is 275 g/mol. The first kappa shape index (κ1) is 15.0. The van der Waals surface area contributed by atoms with Crippen molar-refractivity contribution in [1.29, 1.82) is 0 Å². The molecule has 1 aliphatic rings. The van der Waals surface area contributed by atoms with Crippen molar-refractivity contribution >= 4 is 5.91 Å². The predicted molar refractivity (Wildman–Crippen MR) is 80.2 cm³/mol. The fraction of sp³-hybridized carbons (Fsp3) is 0.625. The highest BCUT2D eigenvalue weighted by Crippen LogP contribution is 2.11. The average Bonchev–Trinajstić information content (AvgIpc) is 2.46. The summed E-state index contributed by atoms with van der Waals surface area (Å²) in [4.78, 5) is 20.6. The van der Waals surface area contributed by atoms with Gasteiger partial charge in [0.2, 0.25) is 5.91 Å². The van der Waals surface area contributed by atoms with Crippen molar-refractivity contribution in [1.82, 2.24) is 14.8 Å². The SMILES string of the molecule is CC(C)CCC(=O)N1CCN(Cc2cccnc2)CC1. The smallest absolute Gasteiger partial charge is 0.222 e. The van der Waals surface area contributed by atoms with E-state index in [0.29, 0.717) is 18.2 Å². The molecule has 0 radical (unpaired) electrons. The first-order valence-corrected chi connectivity index (χ1v) is 7.54. The van der Waals surface area contributed by atoms with E-state index in [1.807, 2.05) is 17.2 Å². The summed E-state index contributed by atoms with van der Waals surface area (Å²) >= 11 is 0. The van der Waals surface area contributed by atoms with Gasteiger partial charge in [0.15, 0.2) is 0 Å². The van der Waals surface area contributed by atoms with E-state index >= 15 is 0 Å². The molecule has 20 heavy (non-hydrogen) atoms. The van der Waals surface area contributed by atoms with Gasteiger partial charge in [0, 0.05) is 51.5 Å². The van der Waals surface area contributed by atoms with Gasteiger partial charge >= 0.3 is 0 Å². The minimum atomic E-state index is 0.319. The van der Waals surface area contributed by atoms with Crippen LogP contribution in [0.15, 0.2) is 24.5 Å². The predicted octanol–water partition coefficient (Wildman–Crippen LogP) is 2.16. The van der Waals surface area contributed by atoms with Crippen molar-refractivity contribution in [3.05, 3.63) is 30.1 Å². The van der Waals surface area contributed by atoms with Gasteiger partial charge < -0.3 is 4.90 Å². The Hall–Kier alpha value is -1.42. The maximum atomic E-state index is 12.1. The van der Waals surface area contributed by atoms with Gasteiger partial charge in [-0.2, -0.15) is 0 Å². The molecule has 1 aromatic heterocycles. The van der Waals surface area contributed by atoms with Crippen LogP contribution in [0.4, 0.5) is 0 Å². The van der Waals surface area contributed by atoms with E-state index in [1.165, 1.54) is 5.56 Å². The zero-order chi connectivity index (χ0) is 14.4. The van der Waals surface area contributed by atoms with Crippen LogP contribution in [0.3, 0.4) is 0 Å². The molecule has 1 saturated heterocycles. The summed E-state index contributed by atoms with van der Waals surface area (Å²) in [6.45, 7) is 8.90. The summed E-state index contributed by atoms with van der Waals surface area (Å²) in [7, 11) is 0. The normalized spacial score (nSPS) is 16.6. The molecule has 1 amide bonds. The summed E-state index contributed by atoms with van der Waals surface area (Å²) < 4.78 is 0. The highest BCUT2D eigenvalue weighted by molar-refractivity contribution is 5.76. The van der Waals surface area contributed by atoms with E-state index in [-0.39, 0.29) is 0 Å². The Morgan fingerprint density at radius 1 is 1.30 bits per heavy atom. The fourth-order valence-electron chi connectivity index (χ4n) is 2.48. The Labute approximate surface area is 121 Å². The van der Waals surface area contributed by atoms with E-state index in [4.69, 9.17) is 0 Å². The molecule has 0 unspecified atom stereocenters. The molecule has 0 aliphatic carbocycles. The summed E-state index contributed by atoms with van der Waals surface area (Å²) in [5, 5.41) is 0. The molecule has 1 fully saturated rings. The molecule has 110 valence electrons. The van der Waals surface area contributed by atoms with Gasteiger partial charge in [0.1, 0.15) is 0 Å². The van der Waals surface area contributed by atoms with Gasteiger partial charge in [-0.15, -0.1) is 0 Å².